The van der Waals surface area contributed by atoms with E-state index in [9.17, 15) is 18.0 Å². The number of carbonyl (C=O) groups is 1. The van der Waals surface area contributed by atoms with E-state index >= 15 is 0 Å². The standard InChI is InChI=1S/C18H12BrClF3N3O3/c19-11-1-6-16(14(20)9-11)28-10-26-8-7-15(25-26)17(27)24-12-2-4-13(5-3-12)29-18(21,22)23/h1-9H,10H2,(H,24,27). The Morgan fingerprint density at radius 2 is 1.90 bits per heavy atom. The third-order valence-electron chi connectivity index (χ3n) is 3.47. The largest absolute Gasteiger partial charge is 0.573 e. The van der Waals surface area contributed by atoms with E-state index in [4.69, 9.17) is 16.3 Å². The molecule has 0 aliphatic rings. The first-order valence-corrected chi connectivity index (χ1v) is 9.15. The lowest BCUT2D eigenvalue weighted by molar-refractivity contribution is -0.274. The van der Waals surface area contributed by atoms with Gasteiger partial charge in [-0.2, -0.15) is 5.10 Å². The summed E-state index contributed by atoms with van der Waals surface area (Å²) in [5, 5.41) is 7.04. The third-order valence-corrected chi connectivity index (χ3v) is 4.25. The fraction of sp³-hybridized carbons (Fsp3) is 0.111. The Labute approximate surface area is 176 Å². The van der Waals surface area contributed by atoms with Gasteiger partial charge in [0.15, 0.2) is 12.4 Å². The van der Waals surface area contributed by atoms with Crippen molar-refractivity contribution in [2.24, 2.45) is 0 Å². The van der Waals surface area contributed by atoms with Crippen LogP contribution in [-0.4, -0.2) is 22.1 Å². The minimum atomic E-state index is -4.78. The van der Waals surface area contributed by atoms with Gasteiger partial charge in [0.2, 0.25) is 0 Å². The van der Waals surface area contributed by atoms with Crippen molar-refractivity contribution in [3.8, 4) is 11.5 Å². The van der Waals surface area contributed by atoms with Crippen LogP contribution in [0, 0.1) is 0 Å². The average Bonchev–Trinajstić information content (AvgIpc) is 3.10. The molecule has 0 unspecified atom stereocenters. The van der Waals surface area contributed by atoms with Crippen molar-refractivity contribution in [3.05, 3.63) is 69.9 Å². The number of hydrogen-bond donors (Lipinski definition) is 1. The van der Waals surface area contributed by atoms with Gasteiger partial charge in [0.1, 0.15) is 11.5 Å². The molecule has 0 fully saturated rings. The second kappa shape index (κ2) is 8.75. The van der Waals surface area contributed by atoms with E-state index in [0.29, 0.717) is 10.8 Å². The SMILES string of the molecule is O=C(Nc1ccc(OC(F)(F)F)cc1)c1ccn(COc2ccc(Br)cc2Cl)n1. The zero-order valence-electron chi connectivity index (χ0n) is 14.4. The van der Waals surface area contributed by atoms with Gasteiger partial charge >= 0.3 is 6.36 Å². The molecule has 0 radical (unpaired) electrons. The number of rotatable bonds is 6. The summed E-state index contributed by atoms with van der Waals surface area (Å²) in [5.41, 5.74) is 0.392. The topological polar surface area (TPSA) is 65.4 Å². The normalized spacial score (nSPS) is 11.2. The van der Waals surface area contributed by atoms with Crippen LogP contribution in [-0.2, 0) is 6.73 Å². The van der Waals surface area contributed by atoms with Crippen molar-refractivity contribution in [2.75, 3.05) is 5.32 Å². The highest BCUT2D eigenvalue weighted by molar-refractivity contribution is 9.10. The molecule has 11 heteroatoms. The van der Waals surface area contributed by atoms with Gasteiger partial charge in [-0.05, 0) is 48.5 Å². The number of hydrogen-bond acceptors (Lipinski definition) is 4. The fourth-order valence-corrected chi connectivity index (χ4v) is 2.95. The van der Waals surface area contributed by atoms with Crippen LogP contribution in [0.25, 0.3) is 0 Å². The lowest BCUT2D eigenvalue weighted by atomic mass is 10.3. The van der Waals surface area contributed by atoms with Crippen LogP contribution in [0.3, 0.4) is 0 Å². The number of aromatic nitrogens is 2. The molecule has 2 aromatic carbocycles. The van der Waals surface area contributed by atoms with Crippen molar-refractivity contribution in [2.45, 2.75) is 13.1 Å². The first kappa shape index (κ1) is 21.0. The van der Waals surface area contributed by atoms with Crippen molar-refractivity contribution in [1.82, 2.24) is 9.78 Å². The summed E-state index contributed by atoms with van der Waals surface area (Å²) < 4.78 is 48.0. The van der Waals surface area contributed by atoms with Crippen molar-refractivity contribution < 1.29 is 27.4 Å². The Kier molecular flexibility index (Phi) is 6.33. The molecule has 1 N–H and O–H groups in total. The highest BCUT2D eigenvalue weighted by Crippen LogP contribution is 2.28. The molecule has 1 aromatic heterocycles. The maximum Gasteiger partial charge on any atom is 0.573 e. The molecule has 0 spiro atoms. The number of amides is 1. The molecule has 152 valence electrons. The summed E-state index contributed by atoms with van der Waals surface area (Å²) in [5.74, 6) is -0.462. The quantitative estimate of drug-likeness (QED) is 0.496. The molecule has 0 bridgehead atoms. The summed E-state index contributed by atoms with van der Waals surface area (Å²) in [6.07, 6.45) is -3.23. The summed E-state index contributed by atoms with van der Waals surface area (Å²) in [6, 6.07) is 11.4. The highest BCUT2D eigenvalue weighted by Gasteiger charge is 2.31. The Morgan fingerprint density at radius 3 is 2.55 bits per heavy atom. The molecule has 1 amide bonds. The number of nitrogens with zero attached hydrogens (tertiary/aromatic N) is 2. The van der Waals surface area contributed by atoms with Crippen LogP contribution in [0.2, 0.25) is 5.02 Å². The van der Waals surface area contributed by atoms with Gasteiger partial charge in [0.25, 0.3) is 5.91 Å². The smallest absolute Gasteiger partial charge is 0.470 e. The molecule has 3 rings (SSSR count). The minimum absolute atomic E-state index is 0.0259. The van der Waals surface area contributed by atoms with Crippen LogP contribution in [0.5, 0.6) is 11.5 Å². The van der Waals surface area contributed by atoms with E-state index in [0.717, 1.165) is 16.6 Å². The number of halogens is 5. The van der Waals surface area contributed by atoms with Gasteiger partial charge in [-0.25, -0.2) is 4.68 Å². The molecule has 0 saturated heterocycles. The Hall–Kier alpha value is -2.72. The second-order valence-electron chi connectivity index (χ2n) is 5.61. The number of carbonyl (C=O) groups excluding carboxylic acids is 1. The van der Waals surface area contributed by atoms with E-state index in [1.807, 2.05) is 0 Å². The van der Waals surface area contributed by atoms with Gasteiger partial charge in [0.05, 0.1) is 5.02 Å². The summed E-state index contributed by atoms with van der Waals surface area (Å²) in [4.78, 5) is 12.2. The van der Waals surface area contributed by atoms with Crippen LogP contribution in [0.15, 0.2) is 59.2 Å². The number of nitrogens with one attached hydrogen (secondary N) is 1. The molecular formula is C18H12BrClF3N3O3. The monoisotopic (exact) mass is 489 g/mol. The average molecular weight is 491 g/mol. The predicted molar refractivity (Wildman–Crippen MR) is 103 cm³/mol. The molecule has 1 heterocycles. The molecule has 0 aliphatic heterocycles. The Balaban J connectivity index is 1.57. The van der Waals surface area contributed by atoms with Crippen LogP contribution in [0.1, 0.15) is 10.5 Å². The van der Waals surface area contributed by atoms with Gasteiger partial charge in [-0.1, -0.05) is 27.5 Å². The minimum Gasteiger partial charge on any atom is -0.470 e. The summed E-state index contributed by atoms with van der Waals surface area (Å²) in [6.45, 7) is 0.0259. The van der Waals surface area contributed by atoms with Crippen LogP contribution >= 0.6 is 27.5 Å². The van der Waals surface area contributed by atoms with Gasteiger partial charge in [0, 0.05) is 16.4 Å². The third kappa shape index (κ3) is 6.13. The van der Waals surface area contributed by atoms with Gasteiger partial charge < -0.3 is 14.8 Å². The number of benzene rings is 2. The van der Waals surface area contributed by atoms with Crippen molar-refractivity contribution >= 4 is 39.1 Å². The number of ether oxygens (including phenoxy) is 2. The van der Waals surface area contributed by atoms with E-state index in [1.165, 1.54) is 22.9 Å². The van der Waals surface area contributed by atoms with Crippen molar-refractivity contribution in [1.29, 1.82) is 0 Å². The molecule has 29 heavy (non-hydrogen) atoms. The van der Waals surface area contributed by atoms with Gasteiger partial charge in [-0.3, -0.25) is 4.79 Å². The predicted octanol–water partition coefficient (Wildman–Crippen LogP) is 5.49. The lowest BCUT2D eigenvalue weighted by Crippen LogP contribution is -2.17. The van der Waals surface area contributed by atoms with E-state index in [2.05, 4.69) is 31.1 Å². The van der Waals surface area contributed by atoms with E-state index in [1.54, 1.807) is 24.4 Å². The molecular weight excluding hydrogens is 479 g/mol. The first-order valence-electron chi connectivity index (χ1n) is 7.98. The van der Waals surface area contributed by atoms with E-state index in [-0.39, 0.29) is 23.9 Å². The fourth-order valence-electron chi connectivity index (χ4n) is 2.22. The first-order chi connectivity index (χ1) is 13.7. The lowest BCUT2D eigenvalue weighted by Gasteiger charge is -2.09. The maximum atomic E-state index is 12.2. The van der Waals surface area contributed by atoms with Gasteiger partial charge in [-0.15, -0.1) is 13.2 Å². The zero-order chi connectivity index (χ0) is 21.0. The maximum absolute atomic E-state index is 12.2. The zero-order valence-corrected chi connectivity index (χ0v) is 16.8. The molecule has 0 atom stereocenters. The number of anilines is 1. The summed E-state index contributed by atoms with van der Waals surface area (Å²) in [7, 11) is 0. The molecule has 6 nitrogen and oxygen atoms in total. The second-order valence-corrected chi connectivity index (χ2v) is 6.94. The molecule has 3 aromatic rings. The highest BCUT2D eigenvalue weighted by atomic mass is 79.9. The molecule has 0 saturated carbocycles. The van der Waals surface area contributed by atoms with Crippen LogP contribution < -0.4 is 14.8 Å². The summed E-state index contributed by atoms with van der Waals surface area (Å²) >= 11 is 9.36. The Bertz CT molecular complexity index is 1010. The van der Waals surface area contributed by atoms with Crippen molar-refractivity contribution in [3.63, 3.8) is 0 Å². The van der Waals surface area contributed by atoms with Crippen LogP contribution in [0.4, 0.5) is 18.9 Å². The molecule has 0 aliphatic carbocycles. The number of alkyl halides is 3. The Morgan fingerprint density at radius 1 is 1.17 bits per heavy atom. The van der Waals surface area contributed by atoms with E-state index < -0.39 is 12.3 Å².